The minimum Gasteiger partial charge on any atom is -0.494 e. The maximum absolute atomic E-state index is 11.4. The average molecular weight is 873 g/mol. The molecule has 4 aromatic carbocycles. The van der Waals surface area contributed by atoms with Crippen LogP contribution in [0.1, 0.15) is 31.5 Å². The molecule has 0 amide bonds. The standard InChI is InChI=1S/C19H17N3O5S.C15H12IN3O3S.2CH4/c1-27-17(23)10-5-12-3-2-4-16-18(12)15(19(24)22-16)11-21-13-6-8-14(9-7-13)28(20,25)26;16-12-2-1-3-13-14(12)11(15(20)19-13)8-18-9-4-6-10(7-5-9)23(17,21)22;;/h2-11,22,24H,1H3,(H2,20,25,26);1-8,19-20H,(H2,17,21,22);2*1H4/b10-5+,21-11?;;;. The number of ether oxygens (including phenoxy) is 1. The molecular weight excluding hydrogens is 835 g/mol. The normalized spacial score (nSPS) is 11.8. The van der Waals surface area contributed by atoms with Gasteiger partial charge in [0.1, 0.15) is 0 Å². The van der Waals surface area contributed by atoms with E-state index in [1.165, 1.54) is 55.8 Å². The summed E-state index contributed by atoms with van der Waals surface area (Å²) in [6.07, 6.45) is 5.86. The third kappa shape index (κ3) is 10.2. The first-order chi connectivity index (χ1) is 24.2. The second-order valence-corrected chi connectivity index (χ2v) is 14.9. The smallest absolute Gasteiger partial charge is 0.330 e. The van der Waals surface area contributed by atoms with Crippen LogP contribution in [0.4, 0.5) is 11.4 Å². The van der Waals surface area contributed by atoms with Gasteiger partial charge < -0.3 is 24.9 Å². The van der Waals surface area contributed by atoms with Crippen LogP contribution in [0.25, 0.3) is 27.9 Å². The minimum absolute atomic E-state index is 0. The Morgan fingerprint density at radius 3 is 1.60 bits per heavy atom. The summed E-state index contributed by atoms with van der Waals surface area (Å²) < 4.78 is 50.6. The van der Waals surface area contributed by atoms with E-state index >= 15 is 0 Å². The number of aromatic nitrogens is 2. The van der Waals surface area contributed by atoms with E-state index in [0.29, 0.717) is 39.0 Å². The van der Waals surface area contributed by atoms with E-state index in [1.807, 2.05) is 18.2 Å². The molecule has 2 heterocycles. The fraction of sp³-hybridized carbons (Fsp3) is 0.0833. The van der Waals surface area contributed by atoms with Crippen LogP contribution in [-0.4, -0.2) is 62.5 Å². The highest BCUT2D eigenvalue weighted by molar-refractivity contribution is 14.1. The fourth-order valence-corrected chi connectivity index (χ4v) is 6.66. The lowest BCUT2D eigenvalue weighted by atomic mass is 10.1. The van der Waals surface area contributed by atoms with Gasteiger partial charge in [0.15, 0.2) is 11.8 Å². The fourth-order valence-electron chi connectivity index (χ4n) is 4.84. The summed E-state index contributed by atoms with van der Waals surface area (Å²) in [5.74, 6) is -0.547. The Bertz CT molecular complexity index is 2560. The summed E-state index contributed by atoms with van der Waals surface area (Å²) in [6, 6.07) is 22.6. The zero-order chi connectivity index (χ0) is 36.9. The quantitative estimate of drug-likeness (QED) is 0.0420. The third-order valence-electron chi connectivity index (χ3n) is 7.28. The van der Waals surface area contributed by atoms with Gasteiger partial charge in [-0.1, -0.05) is 33.1 Å². The summed E-state index contributed by atoms with van der Waals surface area (Å²) in [6.45, 7) is 0. The molecule has 0 fully saturated rings. The number of H-pyrrole nitrogens is 2. The van der Waals surface area contributed by atoms with E-state index in [9.17, 15) is 31.8 Å². The molecule has 2 aromatic heterocycles. The number of aromatic hydroxyl groups is 2. The molecule has 0 aliphatic rings. The van der Waals surface area contributed by atoms with Crippen LogP contribution in [0.3, 0.4) is 0 Å². The Morgan fingerprint density at radius 1 is 0.717 bits per heavy atom. The molecule has 0 bridgehead atoms. The zero-order valence-electron chi connectivity index (χ0n) is 26.5. The number of fused-ring (bicyclic) bond motifs is 2. The summed E-state index contributed by atoms with van der Waals surface area (Å²) in [5.41, 5.74) is 4.21. The Kier molecular flexibility index (Phi) is 13.9. The molecule has 0 saturated heterocycles. The largest absolute Gasteiger partial charge is 0.494 e. The molecule has 0 radical (unpaired) electrons. The van der Waals surface area contributed by atoms with E-state index in [0.717, 1.165) is 14.5 Å². The first-order valence-electron chi connectivity index (χ1n) is 14.6. The first-order valence-corrected chi connectivity index (χ1v) is 18.8. The molecule has 278 valence electrons. The Hall–Kier alpha value is -5.34. The van der Waals surface area contributed by atoms with E-state index in [4.69, 9.17) is 10.3 Å². The highest BCUT2D eigenvalue weighted by Gasteiger charge is 2.14. The van der Waals surface area contributed by atoms with Gasteiger partial charge in [0, 0.05) is 38.4 Å². The Balaban J connectivity index is 0.000000280. The van der Waals surface area contributed by atoms with Crippen LogP contribution in [0.2, 0.25) is 0 Å². The van der Waals surface area contributed by atoms with Gasteiger partial charge in [-0.2, -0.15) is 0 Å². The van der Waals surface area contributed by atoms with Crippen LogP contribution in [0.15, 0.2) is 111 Å². The molecule has 0 saturated carbocycles. The van der Waals surface area contributed by atoms with Crippen molar-refractivity contribution in [2.45, 2.75) is 24.6 Å². The van der Waals surface area contributed by atoms with Crippen LogP contribution < -0.4 is 10.3 Å². The molecule has 0 atom stereocenters. The number of carbonyl (C=O) groups is 1. The van der Waals surface area contributed by atoms with E-state index < -0.39 is 26.0 Å². The molecule has 0 spiro atoms. The molecular formula is C36H37IN6O8S2. The van der Waals surface area contributed by atoms with Gasteiger partial charge in [0.2, 0.25) is 20.0 Å². The number of aliphatic imine (C=N–C) groups is 2. The Morgan fingerprint density at radius 2 is 1.15 bits per heavy atom. The number of nitrogens with one attached hydrogen (secondary N) is 2. The first kappa shape index (κ1) is 42.1. The Labute approximate surface area is 320 Å². The number of carbonyl (C=O) groups excluding carboxylic acids is 1. The van der Waals surface area contributed by atoms with Crippen LogP contribution in [0, 0.1) is 3.57 Å². The van der Waals surface area contributed by atoms with Crippen molar-refractivity contribution < 1.29 is 36.6 Å². The molecule has 8 N–H and O–H groups in total. The highest BCUT2D eigenvalue weighted by atomic mass is 127. The van der Waals surface area contributed by atoms with Crippen molar-refractivity contribution in [3.8, 4) is 11.8 Å². The predicted octanol–water partition coefficient (Wildman–Crippen LogP) is 6.61. The number of halogens is 1. The second kappa shape index (κ2) is 17.5. The second-order valence-electron chi connectivity index (χ2n) is 10.7. The minimum atomic E-state index is -3.78. The number of sulfonamides is 2. The zero-order valence-corrected chi connectivity index (χ0v) is 30.3. The maximum Gasteiger partial charge on any atom is 0.330 e. The number of esters is 1. The number of aromatic amines is 2. The average Bonchev–Trinajstić information content (AvgIpc) is 3.60. The van der Waals surface area contributed by atoms with E-state index in [-0.39, 0.29) is 36.4 Å². The monoisotopic (exact) mass is 872 g/mol. The third-order valence-corrected chi connectivity index (χ3v) is 10.0. The summed E-state index contributed by atoms with van der Waals surface area (Å²) in [4.78, 5) is 25.7. The molecule has 17 heteroatoms. The highest BCUT2D eigenvalue weighted by Crippen LogP contribution is 2.31. The van der Waals surface area contributed by atoms with Gasteiger partial charge >= 0.3 is 5.97 Å². The van der Waals surface area contributed by atoms with Crippen molar-refractivity contribution in [1.82, 2.24) is 9.97 Å². The lowest BCUT2D eigenvalue weighted by Gasteiger charge is -2.00. The number of methoxy groups -OCH3 is 1. The van der Waals surface area contributed by atoms with Gasteiger partial charge in [-0.05, 0) is 101 Å². The number of rotatable bonds is 8. The number of nitrogens with zero attached hydrogens (tertiary/aromatic N) is 2. The summed E-state index contributed by atoms with van der Waals surface area (Å²) in [5, 5.41) is 32.0. The van der Waals surface area contributed by atoms with Crippen molar-refractivity contribution in [1.29, 1.82) is 0 Å². The molecule has 14 nitrogen and oxygen atoms in total. The lowest BCUT2D eigenvalue weighted by Crippen LogP contribution is -2.11. The summed E-state index contributed by atoms with van der Waals surface area (Å²) in [7, 11) is -6.21. The van der Waals surface area contributed by atoms with Crippen molar-refractivity contribution >= 4 is 100 Å². The molecule has 0 aliphatic carbocycles. The molecule has 0 aliphatic heterocycles. The molecule has 53 heavy (non-hydrogen) atoms. The number of hydrogen-bond donors (Lipinski definition) is 6. The van der Waals surface area contributed by atoms with Gasteiger partial charge in [-0.3, -0.25) is 9.98 Å². The van der Waals surface area contributed by atoms with Crippen LogP contribution in [-0.2, 0) is 29.6 Å². The lowest BCUT2D eigenvalue weighted by molar-refractivity contribution is -0.134. The van der Waals surface area contributed by atoms with E-state index in [1.54, 1.807) is 42.6 Å². The van der Waals surface area contributed by atoms with Gasteiger partial charge in [-0.25, -0.2) is 31.9 Å². The summed E-state index contributed by atoms with van der Waals surface area (Å²) >= 11 is 2.19. The molecule has 6 aromatic rings. The maximum atomic E-state index is 11.4. The molecule has 6 rings (SSSR count). The SMILES string of the molecule is C.C.COC(=O)/C=C/c1cccc2[nH]c(O)c(C=Nc3ccc(S(N)(=O)=O)cc3)c12.NS(=O)(=O)c1ccc(N=Cc2c(O)[nH]c3cccc(I)c23)cc1. The van der Waals surface area contributed by atoms with Crippen molar-refractivity contribution in [3.63, 3.8) is 0 Å². The number of nitrogens with two attached hydrogens (primary N) is 2. The van der Waals surface area contributed by atoms with Crippen LogP contribution in [0.5, 0.6) is 11.8 Å². The molecule has 0 unspecified atom stereocenters. The van der Waals surface area contributed by atoms with Gasteiger partial charge in [0.05, 0.1) is 44.9 Å². The van der Waals surface area contributed by atoms with Crippen molar-refractivity contribution in [3.05, 3.63) is 111 Å². The van der Waals surface area contributed by atoms with Crippen LogP contribution >= 0.6 is 22.6 Å². The predicted molar refractivity (Wildman–Crippen MR) is 217 cm³/mol. The van der Waals surface area contributed by atoms with Crippen molar-refractivity contribution in [2.75, 3.05) is 7.11 Å². The number of primary sulfonamides is 2. The van der Waals surface area contributed by atoms with E-state index in [2.05, 4.69) is 47.3 Å². The van der Waals surface area contributed by atoms with Gasteiger partial charge in [0.25, 0.3) is 0 Å². The number of hydrogen-bond acceptors (Lipinski definition) is 10. The number of benzene rings is 4. The van der Waals surface area contributed by atoms with Crippen molar-refractivity contribution in [2.24, 2.45) is 20.3 Å². The van der Waals surface area contributed by atoms with Gasteiger partial charge in [-0.15, -0.1) is 0 Å². The topological polar surface area (TPSA) is 243 Å².